The SMILES string of the molecule is CC(C)SCCC(O)CC(OC1CCCCO1)C(CC1CCCCC1)NC(=O)O. The van der Waals surface area contributed by atoms with Crippen molar-refractivity contribution in [1.29, 1.82) is 0 Å². The monoisotopic (exact) mass is 431 g/mol. The van der Waals surface area contributed by atoms with Gasteiger partial charge in [-0.25, -0.2) is 4.79 Å². The summed E-state index contributed by atoms with van der Waals surface area (Å²) in [5.41, 5.74) is 0. The minimum absolute atomic E-state index is 0.296. The second-order valence-electron chi connectivity index (χ2n) is 8.86. The number of carbonyl (C=O) groups is 1. The number of amides is 1. The van der Waals surface area contributed by atoms with E-state index in [0.717, 1.165) is 44.3 Å². The number of nitrogens with one attached hydrogen (secondary N) is 1. The van der Waals surface area contributed by atoms with Crippen molar-refractivity contribution >= 4 is 17.9 Å². The molecule has 0 spiro atoms. The molecule has 4 unspecified atom stereocenters. The van der Waals surface area contributed by atoms with Crippen molar-refractivity contribution in [3.63, 3.8) is 0 Å². The molecule has 0 aromatic heterocycles. The molecule has 4 atom stereocenters. The van der Waals surface area contributed by atoms with Gasteiger partial charge in [0.15, 0.2) is 6.29 Å². The number of thioether (sulfide) groups is 1. The average molecular weight is 432 g/mol. The van der Waals surface area contributed by atoms with Crippen LogP contribution in [0.2, 0.25) is 0 Å². The quantitative estimate of drug-likeness (QED) is 0.412. The van der Waals surface area contributed by atoms with Gasteiger partial charge in [-0.05, 0) is 49.0 Å². The first kappa shape index (κ1) is 24.8. The lowest BCUT2D eigenvalue weighted by Gasteiger charge is -2.35. The first-order valence-corrected chi connectivity index (χ1v) is 12.5. The van der Waals surface area contributed by atoms with Crippen molar-refractivity contribution in [3.8, 4) is 0 Å². The van der Waals surface area contributed by atoms with Gasteiger partial charge >= 0.3 is 6.09 Å². The van der Waals surface area contributed by atoms with Crippen LogP contribution in [0.4, 0.5) is 4.79 Å². The van der Waals surface area contributed by atoms with E-state index < -0.39 is 12.2 Å². The Kier molecular flexibility index (Phi) is 11.7. The lowest BCUT2D eigenvalue weighted by atomic mass is 9.83. The fourth-order valence-electron chi connectivity index (χ4n) is 4.40. The third-order valence-electron chi connectivity index (χ3n) is 5.94. The van der Waals surface area contributed by atoms with Gasteiger partial charge in [-0.2, -0.15) is 11.8 Å². The van der Waals surface area contributed by atoms with Crippen molar-refractivity contribution in [1.82, 2.24) is 5.32 Å². The van der Waals surface area contributed by atoms with Crippen LogP contribution in [0.25, 0.3) is 0 Å². The first-order valence-electron chi connectivity index (χ1n) is 11.5. The summed E-state index contributed by atoms with van der Waals surface area (Å²) in [7, 11) is 0. The van der Waals surface area contributed by atoms with E-state index in [2.05, 4.69) is 19.2 Å². The minimum atomic E-state index is -1.02. The number of aliphatic hydroxyl groups excluding tert-OH is 1. The number of hydrogen-bond donors (Lipinski definition) is 3. The summed E-state index contributed by atoms with van der Waals surface area (Å²) < 4.78 is 12.0. The first-order chi connectivity index (χ1) is 13.9. The molecule has 1 aliphatic carbocycles. The second kappa shape index (κ2) is 13.7. The van der Waals surface area contributed by atoms with Gasteiger partial charge in [0.05, 0.1) is 18.2 Å². The van der Waals surface area contributed by atoms with Gasteiger partial charge in [0.2, 0.25) is 0 Å². The van der Waals surface area contributed by atoms with Gasteiger partial charge in [0.1, 0.15) is 0 Å². The summed E-state index contributed by atoms with van der Waals surface area (Å²) in [4.78, 5) is 11.5. The molecule has 3 N–H and O–H groups in total. The van der Waals surface area contributed by atoms with Crippen LogP contribution >= 0.6 is 11.8 Å². The van der Waals surface area contributed by atoms with Crippen molar-refractivity contribution in [2.45, 2.75) is 114 Å². The van der Waals surface area contributed by atoms with Gasteiger partial charge in [-0.1, -0.05) is 46.0 Å². The van der Waals surface area contributed by atoms with Gasteiger partial charge < -0.3 is 25.0 Å². The zero-order valence-corrected chi connectivity index (χ0v) is 19.0. The molecule has 2 fully saturated rings. The minimum Gasteiger partial charge on any atom is -0.465 e. The molecule has 1 aliphatic heterocycles. The van der Waals surface area contributed by atoms with Crippen LogP contribution in [0.15, 0.2) is 0 Å². The maximum Gasteiger partial charge on any atom is 0.404 e. The van der Waals surface area contributed by atoms with E-state index in [4.69, 9.17) is 9.47 Å². The zero-order valence-electron chi connectivity index (χ0n) is 18.2. The van der Waals surface area contributed by atoms with Crippen molar-refractivity contribution in [2.24, 2.45) is 5.92 Å². The Balaban J connectivity index is 2.01. The Hall–Kier alpha value is -0.500. The van der Waals surface area contributed by atoms with Crippen LogP contribution in [0.3, 0.4) is 0 Å². The molecule has 1 amide bonds. The lowest BCUT2D eigenvalue weighted by Crippen LogP contribution is -2.48. The Morgan fingerprint density at radius 2 is 1.90 bits per heavy atom. The molecule has 0 aromatic rings. The summed E-state index contributed by atoms with van der Waals surface area (Å²) in [6, 6.07) is -0.312. The Morgan fingerprint density at radius 1 is 1.17 bits per heavy atom. The van der Waals surface area contributed by atoms with Crippen LogP contribution in [0.5, 0.6) is 0 Å². The normalized spacial score (nSPS) is 24.2. The molecule has 29 heavy (non-hydrogen) atoms. The summed E-state index contributed by atoms with van der Waals surface area (Å²) in [5, 5.41) is 23.3. The highest BCUT2D eigenvalue weighted by atomic mass is 32.2. The van der Waals surface area contributed by atoms with E-state index in [1.165, 1.54) is 19.3 Å². The standard InChI is InChI=1S/C22H41NO5S/c1-16(2)29-13-11-18(24)15-20(28-21-10-6-7-12-27-21)19(23-22(25)26)14-17-8-4-3-5-9-17/h16-21,23-24H,3-15H2,1-2H3,(H,25,26). The molecule has 1 saturated heterocycles. The number of hydrogen-bond acceptors (Lipinski definition) is 5. The maximum atomic E-state index is 11.5. The molecule has 1 saturated carbocycles. The Morgan fingerprint density at radius 3 is 2.52 bits per heavy atom. The predicted octanol–water partition coefficient (Wildman–Crippen LogP) is 4.79. The summed E-state index contributed by atoms with van der Waals surface area (Å²) in [6.07, 6.45) is 8.67. The van der Waals surface area contributed by atoms with Crippen molar-refractivity contribution in [2.75, 3.05) is 12.4 Å². The zero-order chi connectivity index (χ0) is 21.1. The van der Waals surface area contributed by atoms with Crippen LogP contribution in [-0.4, -0.2) is 58.5 Å². The Bertz CT molecular complexity index is 452. The third kappa shape index (κ3) is 10.4. The Labute approximate surface area is 180 Å². The molecule has 1 heterocycles. The van der Waals surface area contributed by atoms with E-state index in [1.54, 1.807) is 0 Å². The highest BCUT2D eigenvalue weighted by Gasteiger charge is 2.32. The molecule has 2 aliphatic rings. The van der Waals surface area contributed by atoms with Gasteiger partial charge in [0, 0.05) is 13.0 Å². The molecule has 0 radical (unpaired) electrons. The summed E-state index contributed by atoms with van der Waals surface area (Å²) in [6.45, 7) is 4.99. The lowest BCUT2D eigenvalue weighted by molar-refractivity contribution is -0.199. The van der Waals surface area contributed by atoms with Crippen LogP contribution in [0, 0.1) is 5.92 Å². The molecular weight excluding hydrogens is 390 g/mol. The maximum absolute atomic E-state index is 11.5. The van der Waals surface area contributed by atoms with Gasteiger partial charge in [-0.15, -0.1) is 0 Å². The fourth-order valence-corrected chi connectivity index (χ4v) is 5.28. The molecule has 170 valence electrons. The van der Waals surface area contributed by atoms with E-state index in [1.807, 2.05) is 11.8 Å². The summed E-state index contributed by atoms with van der Waals surface area (Å²) >= 11 is 1.83. The van der Waals surface area contributed by atoms with Crippen molar-refractivity contribution < 1.29 is 24.5 Å². The molecule has 7 heteroatoms. The molecular formula is C22H41NO5S. The smallest absolute Gasteiger partial charge is 0.404 e. The van der Waals surface area contributed by atoms with E-state index in [0.29, 0.717) is 30.6 Å². The number of rotatable bonds is 12. The highest BCUT2D eigenvalue weighted by molar-refractivity contribution is 7.99. The second-order valence-corrected chi connectivity index (χ2v) is 10.5. The van der Waals surface area contributed by atoms with Gasteiger partial charge in [0.25, 0.3) is 0 Å². The fraction of sp³-hybridized carbons (Fsp3) is 0.955. The molecule has 0 bridgehead atoms. The van der Waals surface area contributed by atoms with Gasteiger partial charge in [-0.3, -0.25) is 0 Å². The molecule has 2 rings (SSSR count). The predicted molar refractivity (Wildman–Crippen MR) is 117 cm³/mol. The van der Waals surface area contributed by atoms with Crippen LogP contribution in [-0.2, 0) is 9.47 Å². The van der Waals surface area contributed by atoms with E-state index >= 15 is 0 Å². The topological polar surface area (TPSA) is 88.0 Å². The van der Waals surface area contributed by atoms with Crippen LogP contribution in [0.1, 0.15) is 84.5 Å². The number of ether oxygens (including phenoxy) is 2. The molecule has 0 aromatic carbocycles. The summed E-state index contributed by atoms with van der Waals surface area (Å²) in [5.74, 6) is 1.41. The van der Waals surface area contributed by atoms with Crippen LogP contribution < -0.4 is 5.32 Å². The van der Waals surface area contributed by atoms with Crippen molar-refractivity contribution in [3.05, 3.63) is 0 Å². The third-order valence-corrected chi connectivity index (χ3v) is 7.08. The largest absolute Gasteiger partial charge is 0.465 e. The average Bonchev–Trinajstić information content (AvgIpc) is 2.68. The van der Waals surface area contributed by atoms with E-state index in [9.17, 15) is 15.0 Å². The van der Waals surface area contributed by atoms with E-state index in [-0.39, 0.29) is 18.4 Å². The highest BCUT2D eigenvalue weighted by Crippen LogP contribution is 2.30. The number of carboxylic acid groups (broad SMARTS) is 1. The number of aliphatic hydroxyl groups is 1. The molecule has 6 nitrogen and oxygen atoms in total.